The molecule has 2 aromatic carbocycles. The van der Waals surface area contributed by atoms with Crippen LogP contribution in [0.15, 0.2) is 57.8 Å². The zero-order valence-corrected chi connectivity index (χ0v) is 19.4. The number of carbonyl (C=O) groups is 2. The maximum absolute atomic E-state index is 13.0. The molecule has 11 heteroatoms. The Labute approximate surface area is 195 Å². The first-order valence-corrected chi connectivity index (χ1v) is 12.0. The summed E-state index contributed by atoms with van der Waals surface area (Å²) in [5.74, 6) is -0.830. The number of furan rings is 1. The topological polar surface area (TPSA) is 109 Å². The number of benzene rings is 2. The Morgan fingerprint density at radius 2 is 1.85 bits per heavy atom. The van der Waals surface area contributed by atoms with Crippen LogP contribution < -0.4 is 5.32 Å². The largest absolute Gasteiger partial charge is 0.451 e. The quantitative estimate of drug-likeness (QED) is 0.568. The maximum Gasteiger partial charge on any atom is 0.289 e. The van der Waals surface area contributed by atoms with E-state index in [0.29, 0.717) is 18.8 Å². The van der Waals surface area contributed by atoms with E-state index in [1.165, 1.54) is 34.5 Å². The van der Waals surface area contributed by atoms with Crippen LogP contribution in [0.5, 0.6) is 0 Å². The molecule has 33 heavy (non-hydrogen) atoms. The van der Waals surface area contributed by atoms with Gasteiger partial charge in [0.1, 0.15) is 10.5 Å². The summed E-state index contributed by atoms with van der Waals surface area (Å²) < 4.78 is 38.0. The first kappa shape index (κ1) is 23.2. The average molecular weight is 492 g/mol. The van der Waals surface area contributed by atoms with Gasteiger partial charge in [-0.05, 0) is 30.3 Å². The molecule has 1 aliphatic rings. The van der Waals surface area contributed by atoms with Crippen molar-refractivity contribution in [3.05, 3.63) is 59.3 Å². The molecule has 2 heterocycles. The van der Waals surface area contributed by atoms with Gasteiger partial charge in [-0.15, -0.1) is 0 Å². The molecule has 2 amide bonds. The summed E-state index contributed by atoms with van der Waals surface area (Å²) in [5, 5.41) is 3.46. The van der Waals surface area contributed by atoms with Crippen LogP contribution in [0, 0.1) is 0 Å². The highest BCUT2D eigenvalue weighted by atomic mass is 35.5. The smallest absolute Gasteiger partial charge is 0.289 e. The van der Waals surface area contributed by atoms with Gasteiger partial charge in [0.25, 0.3) is 5.91 Å². The minimum absolute atomic E-state index is 0.0525. The number of likely N-dealkylation sites (N-methyl/N-ethyl adjacent to an activating group) is 1. The van der Waals surface area contributed by atoms with Crippen molar-refractivity contribution in [2.24, 2.45) is 0 Å². The number of halogens is 1. The monoisotopic (exact) mass is 491 g/mol. The minimum Gasteiger partial charge on any atom is -0.451 e. The minimum atomic E-state index is -3.84. The second-order valence-electron chi connectivity index (χ2n) is 7.52. The highest BCUT2D eigenvalue weighted by Crippen LogP contribution is 2.28. The van der Waals surface area contributed by atoms with Crippen LogP contribution in [0.4, 0.5) is 5.69 Å². The zero-order valence-electron chi connectivity index (χ0n) is 17.8. The van der Waals surface area contributed by atoms with E-state index in [0.717, 1.165) is 5.39 Å². The first-order valence-electron chi connectivity index (χ1n) is 10.2. The van der Waals surface area contributed by atoms with Crippen molar-refractivity contribution in [1.29, 1.82) is 0 Å². The second kappa shape index (κ2) is 9.52. The second-order valence-corrected chi connectivity index (χ2v) is 9.83. The van der Waals surface area contributed by atoms with E-state index in [4.69, 9.17) is 20.8 Å². The van der Waals surface area contributed by atoms with Crippen molar-refractivity contribution >= 4 is 50.1 Å². The van der Waals surface area contributed by atoms with Gasteiger partial charge in [-0.2, -0.15) is 4.31 Å². The Kier molecular flexibility index (Phi) is 6.71. The number of rotatable bonds is 6. The van der Waals surface area contributed by atoms with Gasteiger partial charge in [0.05, 0.1) is 24.8 Å². The predicted octanol–water partition coefficient (Wildman–Crippen LogP) is 2.82. The van der Waals surface area contributed by atoms with Crippen molar-refractivity contribution in [1.82, 2.24) is 9.21 Å². The van der Waals surface area contributed by atoms with Gasteiger partial charge in [-0.25, -0.2) is 8.42 Å². The number of sulfonamides is 1. The number of fused-ring (bicyclic) bond motifs is 1. The zero-order chi connectivity index (χ0) is 23.6. The van der Waals surface area contributed by atoms with Gasteiger partial charge in [0, 0.05) is 31.2 Å². The lowest BCUT2D eigenvalue weighted by Gasteiger charge is -2.26. The molecule has 0 radical (unpaired) electrons. The summed E-state index contributed by atoms with van der Waals surface area (Å²) >= 11 is 6.15. The van der Waals surface area contributed by atoms with E-state index >= 15 is 0 Å². The maximum atomic E-state index is 13.0. The van der Waals surface area contributed by atoms with Crippen LogP contribution in [0.3, 0.4) is 0 Å². The lowest BCUT2D eigenvalue weighted by atomic mass is 10.2. The fraction of sp³-hybridized carbons (Fsp3) is 0.273. The van der Waals surface area contributed by atoms with E-state index in [-0.39, 0.29) is 41.0 Å². The number of hydrogen-bond acceptors (Lipinski definition) is 6. The Bertz CT molecular complexity index is 1270. The third-order valence-electron chi connectivity index (χ3n) is 5.17. The number of amides is 2. The number of morpholine rings is 1. The molecule has 1 saturated heterocycles. The van der Waals surface area contributed by atoms with E-state index in [1.54, 1.807) is 18.2 Å². The molecule has 0 unspecified atom stereocenters. The lowest BCUT2D eigenvalue weighted by Crippen LogP contribution is -2.40. The van der Waals surface area contributed by atoms with Crippen LogP contribution in [0.25, 0.3) is 11.0 Å². The number of anilines is 1. The van der Waals surface area contributed by atoms with E-state index in [9.17, 15) is 18.0 Å². The van der Waals surface area contributed by atoms with Crippen molar-refractivity contribution in [2.45, 2.75) is 4.90 Å². The van der Waals surface area contributed by atoms with Crippen molar-refractivity contribution < 1.29 is 27.2 Å². The molecule has 1 aromatic heterocycles. The Balaban J connectivity index is 1.44. The average Bonchev–Trinajstić information content (AvgIpc) is 3.24. The highest BCUT2D eigenvalue weighted by Gasteiger charge is 2.29. The number of para-hydroxylation sites is 1. The molecule has 0 atom stereocenters. The molecule has 9 nitrogen and oxygen atoms in total. The fourth-order valence-corrected chi connectivity index (χ4v) is 5.38. The molecule has 1 N–H and O–H groups in total. The Morgan fingerprint density at radius 3 is 2.58 bits per heavy atom. The highest BCUT2D eigenvalue weighted by molar-refractivity contribution is 7.89. The number of ether oxygens (including phenoxy) is 1. The normalized spacial score (nSPS) is 14.8. The van der Waals surface area contributed by atoms with E-state index in [1.807, 2.05) is 12.1 Å². The summed E-state index contributed by atoms with van der Waals surface area (Å²) in [5.41, 5.74) is 0.828. The molecule has 4 rings (SSSR count). The molecule has 0 spiro atoms. The molecule has 3 aromatic rings. The third-order valence-corrected chi connectivity index (χ3v) is 7.55. The number of carbonyl (C=O) groups excluding carboxylic acids is 2. The SMILES string of the molecule is CN(CC(=O)Nc1ccc(Cl)c(S(=O)(=O)N2CCOCC2)c1)C(=O)c1cc2ccccc2o1. The summed E-state index contributed by atoms with van der Waals surface area (Å²) in [7, 11) is -2.37. The first-order chi connectivity index (χ1) is 15.8. The van der Waals surface area contributed by atoms with Crippen molar-refractivity contribution in [3.8, 4) is 0 Å². The van der Waals surface area contributed by atoms with Gasteiger partial charge >= 0.3 is 0 Å². The standard InChI is InChI=1S/C22H22ClN3O6S/c1-25(22(28)19-12-15-4-2-3-5-18(15)32-19)14-21(27)24-16-6-7-17(23)20(13-16)33(29,30)26-8-10-31-11-9-26/h2-7,12-13H,8-11,14H2,1H3,(H,24,27). The summed E-state index contributed by atoms with van der Waals surface area (Å²) in [6.45, 7) is 0.801. The summed E-state index contributed by atoms with van der Waals surface area (Å²) in [4.78, 5) is 26.3. The predicted molar refractivity (Wildman–Crippen MR) is 123 cm³/mol. The number of nitrogens with zero attached hydrogens (tertiary/aromatic N) is 2. The molecule has 1 fully saturated rings. The van der Waals surface area contributed by atoms with Crippen LogP contribution in [0.1, 0.15) is 10.6 Å². The van der Waals surface area contributed by atoms with Gasteiger partial charge < -0.3 is 19.4 Å². The van der Waals surface area contributed by atoms with Crippen LogP contribution in [0.2, 0.25) is 5.02 Å². The van der Waals surface area contributed by atoms with Gasteiger partial charge in [-0.1, -0.05) is 29.8 Å². The molecule has 0 aliphatic carbocycles. The summed E-state index contributed by atoms with van der Waals surface area (Å²) in [6.07, 6.45) is 0. The van der Waals surface area contributed by atoms with Crippen LogP contribution >= 0.6 is 11.6 Å². The van der Waals surface area contributed by atoms with Gasteiger partial charge in [0.2, 0.25) is 15.9 Å². The Hall–Kier alpha value is -2.92. The van der Waals surface area contributed by atoms with E-state index < -0.39 is 21.8 Å². The lowest BCUT2D eigenvalue weighted by molar-refractivity contribution is -0.116. The molecule has 0 saturated carbocycles. The molecule has 0 bridgehead atoms. The van der Waals surface area contributed by atoms with Gasteiger partial charge in [0.15, 0.2) is 5.76 Å². The van der Waals surface area contributed by atoms with Gasteiger partial charge in [-0.3, -0.25) is 9.59 Å². The van der Waals surface area contributed by atoms with Crippen LogP contribution in [-0.2, 0) is 19.6 Å². The van der Waals surface area contributed by atoms with Crippen LogP contribution in [-0.4, -0.2) is 69.3 Å². The summed E-state index contributed by atoms with van der Waals surface area (Å²) in [6, 6.07) is 13.1. The third kappa shape index (κ3) is 5.03. The molecular weight excluding hydrogens is 470 g/mol. The number of nitrogens with one attached hydrogen (secondary N) is 1. The van der Waals surface area contributed by atoms with E-state index in [2.05, 4.69) is 5.32 Å². The Morgan fingerprint density at radius 1 is 1.12 bits per heavy atom. The molecule has 174 valence electrons. The molecule has 1 aliphatic heterocycles. The molecular formula is C22H22ClN3O6S. The van der Waals surface area contributed by atoms with Crippen molar-refractivity contribution in [2.75, 3.05) is 45.2 Å². The fourth-order valence-electron chi connectivity index (χ4n) is 3.47. The number of hydrogen-bond donors (Lipinski definition) is 1. The van der Waals surface area contributed by atoms with Crippen molar-refractivity contribution in [3.63, 3.8) is 0 Å².